The minimum absolute atomic E-state index is 0.669. The molecule has 102 valence electrons. The van der Waals surface area contributed by atoms with Gasteiger partial charge < -0.3 is 0 Å². The number of unbranched alkanes of at least 4 members (excludes halogenated alkanes) is 1. The van der Waals surface area contributed by atoms with E-state index in [0.717, 1.165) is 29.3 Å². The van der Waals surface area contributed by atoms with Crippen molar-refractivity contribution >= 4 is 27.2 Å². The molecule has 0 amide bonds. The van der Waals surface area contributed by atoms with Crippen LogP contribution in [0.15, 0.2) is 54.6 Å². The van der Waals surface area contributed by atoms with Crippen LogP contribution in [-0.2, 0) is 0 Å². The average Bonchev–Trinajstić information content (AvgIpc) is 2.50. The Bertz CT molecular complexity index is 736. The van der Waals surface area contributed by atoms with Crippen LogP contribution < -0.4 is 5.06 Å². The molecule has 3 aromatic rings. The summed E-state index contributed by atoms with van der Waals surface area (Å²) in [7, 11) is 0. The molecule has 2 nitrogen and oxygen atoms in total. The highest BCUT2D eigenvalue weighted by atomic mass is 16.5. The van der Waals surface area contributed by atoms with Crippen LogP contribution in [0, 0.1) is 0 Å². The monoisotopic (exact) mass is 265 g/mol. The first-order valence-corrected chi connectivity index (χ1v) is 7.17. The normalized spacial score (nSPS) is 11.1. The van der Waals surface area contributed by atoms with Gasteiger partial charge in [0.05, 0.1) is 5.69 Å². The molecule has 0 bridgehead atoms. The summed E-state index contributed by atoms with van der Waals surface area (Å²) in [6.45, 7) is 2.80. The lowest BCUT2D eigenvalue weighted by Gasteiger charge is -2.19. The molecule has 0 unspecified atom stereocenters. The molecule has 0 saturated heterocycles. The van der Waals surface area contributed by atoms with Gasteiger partial charge in [0.2, 0.25) is 0 Å². The molecule has 0 aliphatic heterocycles. The van der Waals surface area contributed by atoms with Gasteiger partial charge in [-0.3, -0.25) is 10.3 Å². The molecule has 0 saturated carbocycles. The third kappa shape index (κ3) is 2.35. The Morgan fingerprint density at radius 2 is 1.60 bits per heavy atom. The van der Waals surface area contributed by atoms with Crippen molar-refractivity contribution in [3.63, 3.8) is 0 Å². The Hall–Kier alpha value is -2.06. The molecule has 3 rings (SSSR count). The van der Waals surface area contributed by atoms with Crippen molar-refractivity contribution in [1.29, 1.82) is 0 Å². The maximum absolute atomic E-state index is 10.3. The van der Waals surface area contributed by atoms with Crippen molar-refractivity contribution in [3.05, 3.63) is 54.6 Å². The average molecular weight is 265 g/mol. The van der Waals surface area contributed by atoms with Crippen LogP contribution in [0.2, 0.25) is 0 Å². The third-order valence-corrected chi connectivity index (χ3v) is 3.73. The van der Waals surface area contributed by atoms with Gasteiger partial charge in [-0.15, -0.1) is 0 Å². The fourth-order valence-corrected chi connectivity index (χ4v) is 2.60. The molecular formula is C18H19NO. The quantitative estimate of drug-likeness (QED) is 0.530. The lowest BCUT2D eigenvalue weighted by atomic mass is 10.0. The summed E-state index contributed by atoms with van der Waals surface area (Å²) in [4.78, 5) is 0. The van der Waals surface area contributed by atoms with E-state index in [0.29, 0.717) is 6.54 Å². The van der Waals surface area contributed by atoms with Gasteiger partial charge in [0.25, 0.3) is 0 Å². The van der Waals surface area contributed by atoms with E-state index in [-0.39, 0.29) is 0 Å². The Balaban J connectivity index is 2.15. The molecule has 0 aliphatic carbocycles. The fraction of sp³-hybridized carbons (Fsp3) is 0.222. The first kappa shape index (κ1) is 12.9. The molecular weight excluding hydrogens is 246 g/mol. The third-order valence-electron chi connectivity index (χ3n) is 3.73. The molecule has 0 fully saturated rings. The number of fused-ring (bicyclic) bond motifs is 2. The number of hydrogen-bond donors (Lipinski definition) is 1. The highest BCUT2D eigenvalue weighted by Crippen LogP contribution is 2.30. The van der Waals surface area contributed by atoms with Gasteiger partial charge in [0.15, 0.2) is 0 Å². The van der Waals surface area contributed by atoms with Crippen molar-refractivity contribution in [2.75, 3.05) is 11.6 Å². The van der Waals surface area contributed by atoms with E-state index >= 15 is 0 Å². The minimum atomic E-state index is 0.669. The van der Waals surface area contributed by atoms with E-state index in [1.165, 1.54) is 15.8 Å². The van der Waals surface area contributed by atoms with Crippen molar-refractivity contribution in [3.8, 4) is 0 Å². The van der Waals surface area contributed by atoms with Crippen LogP contribution in [0.3, 0.4) is 0 Å². The zero-order valence-electron chi connectivity index (χ0n) is 11.7. The highest BCUT2D eigenvalue weighted by molar-refractivity contribution is 6.03. The molecule has 1 N–H and O–H groups in total. The Morgan fingerprint density at radius 3 is 2.35 bits per heavy atom. The first-order valence-electron chi connectivity index (χ1n) is 7.17. The van der Waals surface area contributed by atoms with E-state index in [1.807, 2.05) is 18.2 Å². The van der Waals surface area contributed by atoms with Gasteiger partial charge >= 0.3 is 0 Å². The summed E-state index contributed by atoms with van der Waals surface area (Å²) < 4.78 is 0. The van der Waals surface area contributed by atoms with Crippen LogP contribution in [0.4, 0.5) is 5.69 Å². The predicted octanol–water partition coefficient (Wildman–Crippen LogP) is 4.99. The van der Waals surface area contributed by atoms with Gasteiger partial charge in [0.1, 0.15) is 0 Å². The summed E-state index contributed by atoms with van der Waals surface area (Å²) >= 11 is 0. The molecule has 0 spiro atoms. The largest absolute Gasteiger partial charge is 0.288 e. The molecule has 0 radical (unpaired) electrons. The lowest BCUT2D eigenvalue weighted by Crippen LogP contribution is -2.19. The van der Waals surface area contributed by atoms with E-state index in [9.17, 15) is 5.21 Å². The molecule has 0 aromatic heterocycles. The molecule has 0 atom stereocenters. The van der Waals surface area contributed by atoms with E-state index in [1.54, 1.807) is 0 Å². The number of nitrogens with zero attached hydrogens (tertiary/aromatic N) is 1. The van der Waals surface area contributed by atoms with E-state index < -0.39 is 0 Å². The summed E-state index contributed by atoms with van der Waals surface area (Å²) in [5.74, 6) is 0. The number of anilines is 1. The maximum atomic E-state index is 10.3. The summed E-state index contributed by atoms with van der Waals surface area (Å²) in [5.41, 5.74) is 0.890. The lowest BCUT2D eigenvalue weighted by molar-refractivity contribution is 0.253. The van der Waals surface area contributed by atoms with Crippen LogP contribution in [0.1, 0.15) is 19.8 Å². The van der Waals surface area contributed by atoms with Crippen molar-refractivity contribution < 1.29 is 5.21 Å². The molecule has 20 heavy (non-hydrogen) atoms. The van der Waals surface area contributed by atoms with Crippen LogP contribution in [0.25, 0.3) is 21.5 Å². The van der Waals surface area contributed by atoms with Gasteiger partial charge in [0, 0.05) is 11.9 Å². The number of rotatable bonds is 4. The zero-order valence-corrected chi connectivity index (χ0v) is 11.7. The SMILES string of the molecule is CCCCN(O)c1cccc2cc3ccccc3cc12. The Morgan fingerprint density at radius 1 is 0.900 bits per heavy atom. The number of hydroxylamine groups is 1. The summed E-state index contributed by atoms with van der Waals surface area (Å²) in [5, 5.41) is 16.3. The second kappa shape index (κ2) is 5.51. The van der Waals surface area contributed by atoms with Crippen molar-refractivity contribution in [2.24, 2.45) is 0 Å². The predicted molar refractivity (Wildman–Crippen MR) is 85.5 cm³/mol. The summed E-state index contributed by atoms with van der Waals surface area (Å²) in [6.07, 6.45) is 2.06. The van der Waals surface area contributed by atoms with Crippen molar-refractivity contribution in [2.45, 2.75) is 19.8 Å². The smallest absolute Gasteiger partial charge is 0.0712 e. The number of hydrogen-bond acceptors (Lipinski definition) is 2. The van der Waals surface area contributed by atoms with Gasteiger partial charge in [-0.25, -0.2) is 0 Å². The second-order valence-electron chi connectivity index (χ2n) is 5.17. The van der Waals surface area contributed by atoms with Gasteiger partial charge in [-0.2, -0.15) is 0 Å². The topological polar surface area (TPSA) is 23.5 Å². The zero-order chi connectivity index (χ0) is 13.9. The molecule has 0 heterocycles. The first-order chi connectivity index (χ1) is 9.79. The highest BCUT2D eigenvalue weighted by Gasteiger charge is 2.08. The van der Waals surface area contributed by atoms with E-state index in [4.69, 9.17) is 0 Å². The maximum Gasteiger partial charge on any atom is 0.0712 e. The second-order valence-corrected chi connectivity index (χ2v) is 5.17. The van der Waals surface area contributed by atoms with Gasteiger partial charge in [-0.05, 0) is 40.8 Å². The van der Waals surface area contributed by atoms with E-state index in [2.05, 4.69) is 43.3 Å². The van der Waals surface area contributed by atoms with Crippen LogP contribution in [0.5, 0.6) is 0 Å². The standard InChI is InChI=1S/C18H19NO/c1-2-3-11-19(20)18-10-6-9-16-12-14-7-4-5-8-15(14)13-17(16)18/h4-10,12-13,20H,2-3,11H2,1H3. The van der Waals surface area contributed by atoms with Crippen molar-refractivity contribution in [1.82, 2.24) is 0 Å². The minimum Gasteiger partial charge on any atom is -0.288 e. The molecule has 3 aromatic carbocycles. The fourth-order valence-electron chi connectivity index (χ4n) is 2.60. The Kier molecular flexibility index (Phi) is 3.57. The number of benzene rings is 3. The summed E-state index contributed by atoms with van der Waals surface area (Å²) in [6, 6.07) is 18.8. The Labute approximate surface area is 119 Å². The van der Waals surface area contributed by atoms with Crippen LogP contribution >= 0.6 is 0 Å². The molecule has 2 heteroatoms. The molecule has 0 aliphatic rings. The van der Waals surface area contributed by atoms with Crippen LogP contribution in [-0.4, -0.2) is 11.8 Å². The van der Waals surface area contributed by atoms with Gasteiger partial charge in [-0.1, -0.05) is 49.7 Å².